The molecule has 1 aromatic rings. The maximum absolute atomic E-state index is 11.4. The fourth-order valence-electron chi connectivity index (χ4n) is 1.04. The molecule has 1 aromatic heterocycles. The van der Waals surface area contributed by atoms with Crippen molar-refractivity contribution in [1.82, 2.24) is 0 Å². The standard InChI is InChI=1S/C9H14N2OS/c1-3-7(12)9-6(10)5-8(13-9)11-4-2/h5,11H,3-4,10H2,1-2H3. The van der Waals surface area contributed by atoms with Crippen molar-refractivity contribution < 1.29 is 4.79 Å². The van der Waals surface area contributed by atoms with E-state index in [1.165, 1.54) is 11.3 Å². The Hall–Kier alpha value is -1.03. The number of nitrogen functional groups attached to an aromatic ring is 1. The molecule has 0 saturated carbocycles. The highest BCUT2D eigenvalue weighted by Crippen LogP contribution is 2.29. The normalized spacial score (nSPS) is 10.0. The topological polar surface area (TPSA) is 55.1 Å². The zero-order chi connectivity index (χ0) is 9.84. The lowest BCUT2D eigenvalue weighted by Gasteiger charge is -1.94. The van der Waals surface area contributed by atoms with Crippen molar-refractivity contribution in [2.45, 2.75) is 20.3 Å². The van der Waals surface area contributed by atoms with Gasteiger partial charge in [0.15, 0.2) is 5.78 Å². The average Bonchev–Trinajstić information content (AvgIpc) is 2.46. The summed E-state index contributed by atoms with van der Waals surface area (Å²) in [5.74, 6) is 0.117. The lowest BCUT2D eigenvalue weighted by Crippen LogP contribution is -1.96. The van der Waals surface area contributed by atoms with Crippen molar-refractivity contribution in [2.75, 3.05) is 17.6 Å². The molecule has 0 radical (unpaired) electrons. The second-order valence-electron chi connectivity index (χ2n) is 2.70. The first-order valence-electron chi connectivity index (χ1n) is 4.35. The molecule has 3 nitrogen and oxygen atoms in total. The van der Waals surface area contributed by atoms with Crippen molar-refractivity contribution in [3.63, 3.8) is 0 Å². The quantitative estimate of drug-likeness (QED) is 0.730. The minimum Gasteiger partial charge on any atom is -0.397 e. The van der Waals surface area contributed by atoms with Gasteiger partial charge in [-0.25, -0.2) is 0 Å². The molecule has 0 spiro atoms. The number of nitrogens with two attached hydrogens (primary N) is 1. The van der Waals surface area contributed by atoms with Crippen LogP contribution in [0.4, 0.5) is 10.7 Å². The monoisotopic (exact) mass is 198 g/mol. The van der Waals surface area contributed by atoms with Crippen LogP contribution in [0, 0.1) is 0 Å². The van der Waals surface area contributed by atoms with Gasteiger partial charge in [0.1, 0.15) is 0 Å². The van der Waals surface area contributed by atoms with Crippen LogP contribution in [0.15, 0.2) is 6.07 Å². The van der Waals surface area contributed by atoms with Gasteiger partial charge in [0.2, 0.25) is 0 Å². The Morgan fingerprint density at radius 2 is 2.31 bits per heavy atom. The molecule has 13 heavy (non-hydrogen) atoms. The van der Waals surface area contributed by atoms with Crippen LogP contribution >= 0.6 is 11.3 Å². The summed E-state index contributed by atoms with van der Waals surface area (Å²) in [4.78, 5) is 12.0. The van der Waals surface area contributed by atoms with E-state index in [2.05, 4.69) is 5.32 Å². The molecular weight excluding hydrogens is 184 g/mol. The highest BCUT2D eigenvalue weighted by Gasteiger charge is 2.11. The molecule has 4 heteroatoms. The summed E-state index contributed by atoms with van der Waals surface area (Å²) < 4.78 is 0. The average molecular weight is 198 g/mol. The number of carbonyl (C=O) groups is 1. The minimum absolute atomic E-state index is 0.117. The van der Waals surface area contributed by atoms with Crippen LogP contribution in [0.3, 0.4) is 0 Å². The first-order chi connectivity index (χ1) is 6.19. The molecule has 1 heterocycles. The summed E-state index contributed by atoms with van der Waals surface area (Å²) in [7, 11) is 0. The number of rotatable bonds is 4. The molecule has 0 aliphatic carbocycles. The van der Waals surface area contributed by atoms with Crippen LogP contribution in [0.5, 0.6) is 0 Å². The van der Waals surface area contributed by atoms with Crippen LogP contribution in [0.2, 0.25) is 0 Å². The molecule has 0 unspecified atom stereocenters. The number of hydrogen-bond acceptors (Lipinski definition) is 4. The zero-order valence-electron chi connectivity index (χ0n) is 7.89. The maximum atomic E-state index is 11.4. The van der Waals surface area contributed by atoms with E-state index >= 15 is 0 Å². The summed E-state index contributed by atoms with van der Waals surface area (Å²) in [5, 5.41) is 4.10. The van der Waals surface area contributed by atoms with Gasteiger partial charge in [-0.05, 0) is 13.0 Å². The highest BCUT2D eigenvalue weighted by molar-refractivity contribution is 7.18. The van der Waals surface area contributed by atoms with Gasteiger partial charge in [-0.15, -0.1) is 11.3 Å². The van der Waals surface area contributed by atoms with Gasteiger partial charge in [-0.1, -0.05) is 6.92 Å². The first kappa shape index (κ1) is 10.1. The van der Waals surface area contributed by atoms with E-state index < -0.39 is 0 Å². The van der Waals surface area contributed by atoms with Crippen molar-refractivity contribution in [1.29, 1.82) is 0 Å². The molecule has 0 bridgehead atoms. The Morgan fingerprint density at radius 3 is 2.85 bits per heavy atom. The number of ketones is 1. The van der Waals surface area contributed by atoms with Crippen LogP contribution in [0.25, 0.3) is 0 Å². The molecule has 3 N–H and O–H groups in total. The molecular formula is C9H14N2OS. The minimum atomic E-state index is 0.117. The SMILES string of the molecule is CCNc1cc(N)c(C(=O)CC)s1. The summed E-state index contributed by atoms with van der Waals surface area (Å²) in [6.07, 6.45) is 0.510. The molecule has 1 rings (SSSR count). The van der Waals surface area contributed by atoms with Gasteiger partial charge < -0.3 is 11.1 Å². The van der Waals surface area contributed by atoms with E-state index in [4.69, 9.17) is 5.73 Å². The Labute approximate surface area is 81.9 Å². The Morgan fingerprint density at radius 1 is 1.62 bits per heavy atom. The number of Topliss-reactive ketones (excluding diaryl/α,β-unsaturated/α-hetero) is 1. The van der Waals surface area contributed by atoms with Crippen molar-refractivity contribution in [2.24, 2.45) is 0 Å². The third kappa shape index (κ3) is 2.21. The zero-order valence-corrected chi connectivity index (χ0v) is 8.70. The van der Waals surface area contributed by atoms with Gasteiger partial charge in [0, 0.05) is 13.0 Å². The maximum Gasteiger partial charge on any atom is 0.174 e. The molecule has 0 aromatic carbocycles. The number of thiophene rings is 1. The molecule has 0 aliphatic heterocycles. The predicted molar refractivity (Wildman–Crippen MR) is 57.5 cm³/mol. The third-order valence-corrected chi connectivity index (χ3v) is 2.84. The first-order valence-corrected chi connectivity index (χ1v) is 5.17. The van der Waals surface area contributed by atoms with E-state index in [-0.39, 0.29) is 5.78 Å². The molecule has 0 amide bonds. The lowest BCUT2D eigenvalue weighted by molar-refractivity contribution is 0.0993. The summed E-state index contributed by atoms with van der Waals surface area (Å²) in [5.41, 5.74) is 6.29. The van der Waals surface area contributed by atoms with Crippen molar-refractivity contribution >= 4 is 27.8 Å². The number of hydrogen-bond donors (Lipinski definition) is 2. The second-order valence-corrected chi connectivity index (χ2v) is 3.75. The van der Waals surface area contributed by atoms with E-state index in [1.54, 1.807) is 0 Å². The number of carbonyl (C=O) groups excluding carboxylic acids is 1. The van der Waals surface area contributed by atoms with E-state index in [1.807, 2.05) is 19.9 Å². The largest absolute Gasteiger partial charge is 0.397 e. The Balaban J connectivity index is 2.89. The Bertz CT molecular complexity index is 307. The Kier molecular flexibility index (Phi) is 3.31. The number of nitrogens with one attached hydrogen (secondary N) is 1. The summed E-state index contributed by atoms with van der Waals surface area (Å²) in [6, 6.07) is 1.82. The lowest BCUT2D eigenvalue weighted by atomic mass is 10.2. The fraction of sp³-hybridized carbons (Fsp3) is 0.444. The van der Waals surface area contributed by atoms with Crippen molar-refractivity contribution in [3.05, 3.63) is 10.9 Å². The summed E-state index contributed by atoms with van der Waals surface area (Å²) >= 11 is 1.43. The van der Waals surface area contributed by atoms with Gasteiger partial charge in [-0.3, -0.25) is 4.79 Å². The molecule has 0 saturated heterocycles. The van der Waals surface area contributed by atoms with Crippen molar-refractivity contribution in [3.8, 4) is 0 Å². The van der Waals surface area contributed by atoms with Gasteiger partial charge >= 0.3 is 0 Å². The van der Waals surface area contributed by atoms with Crippen LogP contribution in [-0.2, 0) is 0 Å². The molecule has 0 aliphatic rings. The molecule has 0 fully saturated rings. The second kappa shape index (κ2) is 4.28. The third-order valence-electron chi connectivity index (χ3n) is 1.69. The van der Waals surface area contributed by atoms with Gasteiger partial charge in [-0.2, -0.15) is 0 Å². The van der Waals surface area contributed by atoms with Gasteiger partial charge in [0.25, 0.3) is 0 Å². The predicted octanol–water partition coefficient (Wildman–Crippen LogP) is 2.35. The fourth-order valence-corrected chi connectivity index (χ4v) is 2.10. The van der Waals surface area contributed by atoms with Crippen LogP contribution in [-0.4, -0.2) is 12.3 Å². The summed E-state index contributed by atoms with van der Waals surface area (Å²) in [6.45, 7) is 4.70. The van der Waals surface area contributed by atoms with E-state index in [9.17, 15) is 4.79 Å². The smallest absolute Gasteiger partial charge is 0.174 e. The van der Waals surface area contributed by atoms with E-state index in [0.29, 0.717) is 17.0 Å². The van der Waals surface area contributed by atoms with E-state index in [0.717, 1.165) is 11.5 Å². The van der Waals surface area contributed by atoms with Crippen LogP contribution < -0.4 is 11.1 Å². The highest BCUT2D eigenvalue weighted by atomic mass is 32.1. The van der Waals surface area contributed by atoms with Gasteiger partial charge in [0.05, 0.1) is 15.6 Å². The van der Waals surface area contributed by atoms with Crippen LogP contribution in [0.1, 0.15) is 29.9 Å². The molecule has 72 valence electrons. The molecule has 0 atom stereocenters. The number of anilines is 2.